The van der Waals surface area contributed by atoms with Crippen LogP contribution in [0.1, 0.15) is 0 Å². The van der Waals surface area contributed by atoms with Gasteiger partial charge in [-0.1, -0.05) is 0 Å². The Labute approximate surface area is 70.1 Å². The number of hydrogen-bond acceptors (Lipinski definition) is 5. The average Bonchev–Trinajstić information content (AvgIpc) is 1.91. The zero-order valence-corrected chi connectivity index (χ0v) is 7.21. The average molecular weight is 192 g/mol. The summed E-state index contributed by atoms with van der Waals surface area (Å²) in [6.45, 7) is -0.0532. The molecule has 0 saturated carbocycles. The summed E-state index contributed by atoms with van der Waals surface area (Å²) in [7, 11) is -3.48. The number of esters is 1. The SMILES string of the molecule is CS(=O)(=O)OC1C=CC(=O)OC1. The van der Waals surface area contributed by atoms with Gasteiger partial charge in [-0.25, -0.2) is 4.79 Å². The van der Waals surface area contributed by atoms with Gasteiger partial charge >= 0.3 is 5.97 Å². The second kappa shape index (κ2) is 3.24. The van der Waals surface area contributed by atoms with Crippen molar-refractivity contribution in [2.75, 3.05) is 12.9 Å². The van der Waals surface area contributed by atoms with E-state index in [2.05, 4.69) is 8.92 Å². The standard InChI is InChI=1S/C6H8O5S/c1-12(8,9)11-5-2-3-6(7)10-4-5/h2-3,5H,4H2,1H3. The fourth-order valence-corrected chi connectivity index (χ4v) is 1.31. The van der Waals surface area contributed by atoms with Crippen molar-refractivity contribution in [3.8, 4) is 0 Å². The normalized spacial score (nSPS) is 23.8. The van der Waals surface area contributed by atoms with Crippen LogP contribution in [0.2, 0.25) is 0 Å². The van der Waals surface area contributed by atoms with Crippen LogP contribution in [0.4, 0.5) is 0 Å². The van der Waals surface area contributed by atoms with Crippen molar-refractivity contribution >= 4 is 16.1 Å². The number of ether oxygens (including phenoxy) is 1. The van der Waals surface area contributed by atoms with E-state index in [-0.39, 0.29) is 6.61 Å². The largest absolute Gasteiger partial charge is 0.459 e. The van der Waals surface area contributed by atoms with Crippen LogP contribution in [0.5, 0.6) is 0 Å². The highest BCUT2D eigenvalue weighted by Crippen LogP contribution is 2.05. The van der Waals surface area contributed by atoms with Crippen molar-refractivity contribution < 1.29 is 22.1 Å². The maximum atomic E-state index is 10.6. The van der Waals surface area contributed by atoms with Crippen molar-refractivity contribution in [3.05, 3.63) is 12.2 Å². The Balaban J connectivity index is 2.57. The van der Waals surface area contributed by atoms with Gasteiger partial charge in [0.15, 0.2) is 0 Å². The summed E-state index contributed by atoms with van der Waals surface area (Å²) in [5.41, 5.74) is 0. The summed E-state index contributed by atoms with van der Waals surface area (Å²) in [6, 6.07) is 0. The van der Waals surface area contributed by atoms with Gasteiger partial charge in [0.25, 0.3) is 10.1 Å². The molecule has 0 aromatic rings. The van der Waals surface area contributed by atoms with Crippen LogP contribution in [0, 0.1) is 0 Å². The lowest BCUT2D eigenvalue weighted by molar-refractivity contribution is -0.140. The maximum absolute atomic E-state index is 10.6. The molecule has 0 bridgehead atoms. The van der Waals surface area contributed by atoms with Gasteiger partial charge in [-0.3, -0.25) is 4.18 Å². The van der Waals surface area contributed by atoms with E-state index in [1.807, 2.05) is 0 Å². The van der Waals surface area contributed by atoms with Gasteiger partial charge in [0.05, 0.1) is 6.26 Å². The quantitative estimate of drug-likeness (QED) is 0.433. The number of cyclic esters (lactones) is 1. The van der Waals surface area contributed by atoms with Crippen LogP contribution in [-0.2, 0) is 23.8 Å². The molecule has 0 N–H and O–H groups in total. The molecule has 0 aromatic carbocycles. The van der Waals surface area contributed by atoms with Crippen LogP contribution < -0.4 is 0 Å². The molecule has 6 heteroatoms. The Morgan fingerprint density at radius 3 is 2.75 bits per heavy atom. The molecular weight excluding hydrogens is 184 g/mol. The van der Waals surface area contributed by atoms with Crippen molar-refractivity contribution in [1.82, 2.24) is 0 Å². The van der Waals surface area contributed by atoms with E-state index in [1.54, 1.807) is 0 Å². The first-order valence-electron chi connectivity index (χ1n) is 3.20. The summed E-state index contributed by atoms with van der Waals surface area (Å²) in [4.78, 5) is 10.5. The molecular formula is C6H8O5S. The molecule has 1 heterocycles. The molecule has 1 rings (SSSR count). The first-order chi connectivity index (χ1) is 5.47. The van der Waals surface area contributed by atoms with Crippen molar-refractivity contribution in [2.45, 2.75) is 6.10 Å². The lowest BCUT2D eigenvalue weighted by Gasteiger charge is -2.15. The van der Waals surface area contributed by atoms with E-state index in [1.165, 1.54) is 6.08 Å². The molecule has 0 fully saturated rings. The molecule has 0 aromatic heterocycles. The van der Waals surface area contributed by atoms with Gasteiger partial charge in [-0.05, 0) is 6.08 Å². The van der Waals surface area contributed by atoms with Crippen LogP contribution in [0.15, 0.2) is 12.2 Å². The molecule has 12 heavy (non-hydrogen) atoms. The van der Waals surface area contributed by atoms with Crippen molar-refractivity contribution in [3.63, 3.8) is 0 Å². The Morgan fingerprint density at radius 1 is 1.67 bits per heavy atom. The minimum Gasteiger partial charge on any atom is -0.459 e. The van der Waals surface area contributed by atoms with Gasteiger partial charge in [-0.2, -0.15) is 8.42 Å². The lowest BCUT2D eigenvalue weighted by Crippen LogP contribution is -2.26. The summed E-state index contributed by atoms with van der Waals surface area (Å²) < 4.78 is 30.2. The minimum absolute atomic E-state index is 0.0532. The van der Waals surface area contributed by atoms with Gasteiger partial charge in [-0.15, -0.1) is 0 Å². The van der Waals surface area contributed by atoms with Gasteiger partial charge in [0.2, 0.25) is 0 Å². The highest BCUT2D eigenvalue weighted by atomic mass is 32.2. The summed E-state index contributed by atoms with van der Waals surface area (Å²) in [6.07, 6.45) is 2.75. The van der Waals surface area contributed by atoms with Crippen LogP contribution >= 0.6 is 0 Å². The van der Waals surface area contributed by atoms with E-state index in [0.29, 0.717) is 0 Å². The summed E-state index contributed by atoms with van der Waals surface area (Å²) in [5.74, 6) is -0.483. The van der Waals surface area contributed by atoms with Crippen molar-refractivity contribution in [1.29, 1.82) is 0 Å². The molecule has 0 radical (unpaired) electrons. The number of hydrogen-bond donors (Lipinski definition) is 0. The van der Waals surface area contributed by atoms with Crippen LogP contribution in [-0.4, -0.2) is 33.4 Å². The van der Waals surface area contributed by atoms with Crippen LogP contribution in [0.25, 0.3) is 0 Å². The zero-order valence-electron chi connectivity index (χ0n) is 6.39. The van der Waals surface area contributed by atoms with E-state index < -0.39 is 22.2 Å². The molecule has 1 aliphatic rings. The second-order valence-corrected chi connectivity index (χ2v) is 3.93. The third kappa shape index (κ3) is 3.02. The predicted octanol–water partition coefficient (Wildman–Crippen LogP) is -0.556. The monoisotopic (exact) mass is 192 g/mol. The Hall–Kier alpha value is -0.880. The van der Waals surface area contributed by atoms with E-state index in [0.717, 1.165) is 12.3 Å². The molecule has 1 atom stereocenters. The lowest BCUT2D eigenvalue weighted by atomic mass is 10.3. The summed E-state index contributed by atoms with van der Waals surface area (Å²) in [5, 5.41) is 0. The van der Waals surface area contributed by atoms with E-state index >= 15 is 0 Å². The van der Waals surface area contributed by atoms with Gasteiger partial charge in [0, 0.05) is 6.08 Å². The molecule has 5 nitrogen and oxygen atoms in total. The third-order valence-corrected chi connectivity index (χ3v) is 1.73. The predicted molar refractivity (Wildman–Crippen MR) is 39.8 cm³/mol. The highest BCUT2D eigenvalue weighted by Gasteiger charge is 2.18. The first kappa shape index (κ1) is 9.21. The topological polar surface area (TPSA) is 69.7 Å². The molecule has 1 unspecified atom stereocenters. The molecule has 0 saturated heterocycles. The second-order valence-electron chi connectivity index (χ2n) is 2.33. The van der Waals surface area contributed by atoms with Gasteiger partial charge < -0.3 is 4.74 Å². The zero-order chi connectivity index (χ0) is 9.19. The number of rotatable bonds is 2. The Morgan fingerprint density at radius 2 is 2.33 bits per heavy atom. The van der Waals surface area contributed by atoms with E-state index in [4.69, 9.17) is 0 Å². The Bertz CT molecular complexity index is 302. The maximum Gasteiger partial charge on any atom is 0.330 e. The number of carbonyl (C=O) groups is 1. The Kier molecular flexibility index (Phi) is 2.49. The first-order valence-corrected chi connectivity index (χ1v) is 5.02. The van der Waals surface area contributed by atoms with Gasteiger partial charge in [0.1, 0.15) is 12.7 Å². The molecule has 1 aliphatic heterocycles. The fraction of sp³-hybridized carbons (Fsp3) is 0.500. The molecule has 0 spiro atoms. The molecule has 0 aliphatic carbocycles. The molecule has 0 amide bonds. The van der Waals surface area contributed by atoms with Crippen LogP contribution in [0.3, 0.4) is 0 Å². The highest BCUT2D eigenvalue weighted by molar-refractivity contribution is 7.86. The minimum atomic E-state index is -3.48. The van der Waals surface area contributed by atoms with Crippen molar-refractivity contribution in [2.24, 2.45) is 0 Å². The fourth-order valence-electron chi connectivity index (χ4n) is 0.738. The molecule has 68 valence electrons. The summed E-state index contributed by atoms with van der Waals surface area (Å²) >= 11 is 0. The smallest absolute Gasteiger partial charge is 0.330 e. The van der Waals surface area contributed by atoms with E-state index in [9.17, 15) is 13.2 Å². The number of carbonyl (C=O) groups excluding carboxylic acids is 1. The third-order valence-electron chi connectivity index (χ3n) is 1.14.